The third-order valence-electron chi connectivity index (χ3n) is 6.47. The van der Waals surface area contributed by atoms with Crippen molar-refractivity contribution in [3.8, 4) is 5.75 Å². The molecule has 0 unspecified atom stereocenters. The minimum atomic E-state index is -0.586. The summed E-state index contributed by atoms with van der Waals surface area (Å²) in [5.41, 5.74) is 5.85. The number of nitrogens with zero attached hydrogens (tertiary/aromatic N) is 3. The summed E-state index contributed by atoms with van der Waals surface area (Å²) in [6, 6.07) is 23.6. The minimum Gasteiger partial charge on any atom is -0.497 e. The number of methoxy groups -OCH3 is 1. The molecule has 2 atom stereocenters. The second-order valence-corrected chi connectivity index (χ2v) is 10.3. The van der Waals surface area contributed by atoms with Crippen molar-refractivity contribution in [2.75, 3.05) is 12.4 Å². The Morgan fingerprint density at radius 2 is 1.84 bits per heavy atom. The highest BCUT2D eigenvalue weighted by atomic mass is 32.2. The number of nitrogens with one attached hydrogen (secondary N) is 1. The summed E-state index contributed by atoms with van der Waals surface area (Å²) in [6.45, 7) is 3.96. The number of amides is 2. The van der Waals surface area contributed by atoms with E-state index in [9.17, 15) is 9.59 Å². The van der Waals surface area contributed by atoms with Gasteiger partial charge in [0, 0.05) is 18.5 Å². The molecule has 7 nitrogen and oxygen atoms in total. The first-order valence-electron chi connectivity index (χ1n) is 12.1. The average molecular weight is 513 g/mol. The highest BCUT2D eigenvalue weighted by Crippen LogP contribution is 2.38. The number of aliphatic imine (C=N–C) groups is 1. The zero-order chi connectivity index (χ0) is 25.9. The lowest BCUT2D eigenvalue weighted by atomic mass is 9.98. The second kappa shape index (κ2) is 10.6. The molecule has 0 spiro atoms. The Morgan fingerprint density at radius 3 is 2.54 bits per heavy atom. The first kappa shape index (κ1) is 24.8. The fraction of sp³-hybridized carbons (Fsp3) is 0.241. The van der Waals surface area contributed by atoms with Crippen molar-refractivity contribution in [3.63, 3.8) is 0 Å². The lowest BCUT2D eigenvalue weighted by Crippen LogP contribution is -2.25. The van der Waals surface area contributed by atoms with E-state index in [2.05, 4.69) is 22.4 Å². The minimum absolute atomic E-state index is 0.0444. The van der Waals surface area contributed by atoms with Crippen molar-refractivity contribution >= 4 is 40.1 Å². The smallest absolute Gasteiger partial charge is 0.262 e. The van der Waals surface area contributed by atoms with Crippen molar-refractivity contribution in [3.05, 3.63) is 95.1 Å². The van der Waals surface area contributed by atoms with E-state index in [1.54, 1.807) is 7.11 Å². The number of carbonyl (C=O) groups is 2. The Labute approximate surface area is 220 Å². The van der Waals surface area contributed by atoms with Gasteiger partial charge in [0.2, 0.25) is 5.91 Å². The van der Waals surface area contributed by atoms with Crippen LogP contribution >= 0.6 is 11.8 Å². The zero-order valence-electron chi connectivity index (χ0n) is 21.0. The van der Waals surface area contributed by atoms with Crippen LogP contribution < -0.4 is 10.1 Å². The van der Waals surface area contributed by atoms with Gasteiger partial charge in [-0.05, 0) is 60.9 Å². The molecule has 2 heterocycles. The van der Waals surface area contributed by atoms with Crippen LogP contribution in [-0.4, -0.2) is 40.1 Å². The molecule has 0 aliphatic carbocycles. The molecular weight excluding hydrogens is 484 g/mol. The van der Waals surface area contributed by atoms with Gasteiger partial charge in [0.1, 0.15) is 11.0 Å². The van der Waals surface area contributed by atoms with Crippen LogP contribution in [0.3, 0.4) is 0 Å². The summed E-state index contributed by atoms with van der Waals surface area (Å²) in [4.78, 5) is 29.9. The third-order valence-corrected chi connectivity index (χ3v) is 7.61. The molecule has 0 radical (unpaired) electrons. The molecule has 0 bridgehead atoms. The Bertz CT molecular complexity index is 1390. The van der Waals surface area contributed by atoms with Gasteiger partial charge in [0.25, 0.3) is 5.91 Å². The van der Waals surface area contributed by atoms with Crippen LogP contribution in [0.1, 0.15) is 41.1 Å². The summed E-state index contributed by atoms with van der Waals surface area (Å²) in [5.74, 6) is 0.260. The number of hydrazone groups is 1. The van der Waals surface area contributed by atoms with Crippen LogP contribution in [0.25, 0.3) is 0 Å². The number of carbonyl (C=O) groups excluding carboxylic acids is 2. The molecule has 5 rings (SSSR count). The Morgan fingerprint density at radius 1 is 1.08 bits per heavy atom. The lowest BCUT2D eigenvalue weighted by Gasteiger charge is -2.23. The van der Waals surface area contributed by atoms with E-state index < -0.39 is 5.25 Å². The van der Waals surface area contributed by atoms with Crippen molar-refractivity contribution < 1.29 is 14.3 Å². The largest absolute Gasteiger partial charge is 0.497 e. The normalized spacial score (nSPS) is 19.0. The van der Waals surface area contributed by atoms with Gasteiger partial charge in [-0.15, -0.1) is 0 Å². The van der Waals surface area contributed by atoms with Crippen LogP contribution in [0, 0.1) is 13.8 Å². The van der Waals surface area contributed by atoms with E-state index in [1.807, 2.05) is 79.5 Å². The number of ether oxygens (including phenoxy) is 1. The average Bonchev–Trinajstić information content (AvgIpc) is 3.50. The summed E-state index contributed by atoms with van der Waals surface area (Å²) >= 11 is 1.30. The first-order valence-corrected chi connectivity index (χ1v) is 13.0. The summed E-state index contributed by atoms with van der Waals surface area (Å²) in [7, 11) is 1.64. The molecular formula is C29H28N4O3S. The maximum absolute atomic E-state index is 12.8. The molecule has 0 aromatic heterocycles. The van der Waals surface area contributed by atoms with Gasteiger partial charge in [-0.25, -0.2) is 5.01 Å². The molecule has 37 heavy (non-hydrogen) atoms. The number of anilines is 1. The van der Waals surface area contributed by atoms with Crippen LogP contribution in [-0.2, 0) is 9.59 Å². The van der Waals surface area contributed by atoms with Crippen molar-refractivity contribution in [2.24, 2.45) is 10.1 Å². The van der Waals surface area contributed by atoms with E-state index in [1.165, 1.54) is 11.8 Å². The molecule has 188 valence electrons. The standard InChI is InChI=1S/C29H28N4O3S/c1-18-9-14-23(19(2)15-18)30-27(34)17-26-28(35)31-29(37-26)33-25(21-7-5-4-6-8-21)16-24(32-33)20-10-12-22(36-3)13-11-20/h4-15,25-26H,16-17H2,1-3H3,(H,30,34)/t25-,26-/m0/s1. The molecule has 0 saturated heterocycles. The fourth-order valence-corrected chi connectivity index (χ4v) is 5.57. The van der Waals surface area contributed by atoms with Gasteiger partial charge in [0.05, 0.1) is 18.9 Å². The van der Waals surface area contributed by atoms with Gasteiger partial charge >= 0.3 is 0 Å². The van der Waals surface area contributed by atoms with E-state index in [0.717, 1.165) is 39.4 Å². The molecule has 0 saturated carbocycles. The molecule has 3 aromatic rings. The Kier molecular flexibility index (Phi) is 7.10. The molecule has 2 amide bonds. The Balaban J connectivity index is 1.34. The van der Waals surface area contributed by atoms with Crippen LogP contribution in [0.4, 0.5) is 5.69 Å². The van der Waals surface area contributed by atoms with Crippen molar-refractivity contribution in [2.45, 2.75) is 38.0 Å². The summed E-state index contributed by atoms with van der Waals surface area (Å²) < 4.78 is 5.29. The van der Waals surface area contributed by atoms with Gasteiger partial charge < -0.3 is 10.1 Å². The second-order valence-electron chi connectivity index (χ2n) is 9.16. The number of amidine groups is 1. The van der Waals surface area contributed by atoms with Crippen molar-refractivity contribution in [1.82, 2.24) is 5.01 Å². The zero-order valence-corrected chi connectivity index (χ0v) is 21.8. The number of benzene rings is 3. The molecule has 8 heteroatoms. The summed E-state index contributed by atoms with van der Waals surface area (Å²) in [5, 5.41) is 9.60. The van der Waals surface area contributed by atoms with Crippen molar-refractivity contribution in [1.29, 1.82) is 0 Å². The van der Waals surface area contributed by atoms with Gasteiger partial charge in [-0.3, -0.25) is 9.59 Å². The number of hydrogen-bond donors (Lipinski definition) is 1. The molecule has 2 aliphatic rings. The molecule has 2 aliphatic heterocycles. The van der Waals surface area contributed by atoms with E-state index in [-0.39, 0.29) is 24.3 Å². The Hall–Kier alpha value is -3.91. The number of aryl methyl sites for hydroxylation is 2. The van der Waals surface area contributed by atoms with E-state index in [4.69, 9.17) is 9.84 Å². The monoisotopic (exact) mass is 512 g/mol. The molecule has 3 aromatic carbocycles. The maximum Gasteiger partial charge on any atom is 0.262 e. The highest BCUT2D eigenvalue weighted by Gasteiger charge is 2.39. The number of thioether (sulfide) groups is 1. The highest BCUT2D eigenvalue weighted by molar-refractivity contribution is 8.15. The van der Waals surface area contributed by atoms with Crippen LogP contribution in [0.2, 0.25) is 0 Å². The quantitative estimate of drug-likeness (QED) is 0.472. The van der Waals surface area contributed by atoms with Gasteiger partial charge in [-0.2, -0.15) is 10.1 Å². The summed E-state index contributed by atoms with van der Waals surface area (Å²) in [6.07, 6.45) is 0.713. The maximum atomic E-state index is 12.8. The van der Waals surface area contributed by atoms with Gasteiger partial charge in [-0.1, -0.05) is 59.8 Å². The number of rotatable bonds is 6. The fourth-order valence-electron chi connectivity index (χ4n) is 4.51. The van der Waals surface area contributed by atoms with Gasteiger partial charge in [0.15, 0.2) is 5.17 Å². The van der Waals surface area contributed by atoms with Crippen LogP contribution in [0.15, 0.2) is 82.9 Å². The first-order chi connectivity index (χ1) is 17.9. The molecule has 1 N–H and O–H groups in total. The molecule has 0 fully saturated rings. The lowest BCUT2D eigenvalue weighted by molar-refractivity contribution is -0.121. The third kappa shape index (κ3) is 5.44. The number of hydrogen-bond acceptors (Lipinski definition) is 6. The topological polar surface area (TPSA) is 83.4 Å². The predicted molar refractivity (Wildman–Crippen MR) is 148 cm³/mol. The van der Waals surface area contributed by atoms with Crippen LogP contribution in [0.5, 0.6) is 5.75 Å². The SMILES string of the molecule is COc1ccc(C2=NN(C3=NC(=O)[C@H](CC(=O)Nc4ccc(C)cc4C)S3)[C@H](c3ccccc3)C2)cc1. The van der Waals surface area contributed by atoms with E-state index in [0.29, 0.717) is 11.6 Å². The predicted octanol–water partition coefficient (Wildman–Crippen LogP) is 5.49. The van der Waals surface area contributed by atoms with E-state index >= 15 is 0 Å².